The van der Waals surface area contributed by atoms with Crippen LogP contribution in [0.1, 0.15) is 11.1 Å². The van der Waals surface area contributed by atoms with Crippen molar-refractivity contribution in [1.82, 2.24) is 4.90 Å². The molecule has 4 nitrogen and oxygen atoms in total. The minimum atomic E-state index is -4.61. The molecule has 0 radical (unpaired) electrons. The number of hydrogen-bond acceptors (Lipinski definition) is 2. The number of nitrogens with one attached hydrogen (secondary N) is 1. The molecule has 2 amide bonds. The number of alkyl halides is 3. The zero-order valence-corrected chi connectivity index (χ0v) is 17.1. The lowest BCUT2D eigenvalue weighted by molar-refractivity contribution is -0.137. The van der Waals surface area contributed by atoms with Crippen LogP contribution >= 0.6 is 34.8 Å². The van der Waals surface area contributed by atoms with Gasteiger partial charge in [0.2, 0.25) is 11.8 Å². The van der Waals surface area contributed by atoms with Crippen LogP contribution < -0.4 is 5.32 Å². The third kappa shape index (κ3) is 6.39. The number of carbonyl (C=O) groups is 2. The molecule has 2 aromatic rings. The van der Waals surface area contributed by atoms with Crippen molar-refractivity contribution in [3.05, 3.63) is 68.7 Å². The fourth-order valence-electron chi connectivity index (χ4n) is 2.25. The molecule has 0 aromatic heterocycles. The van der Waals surface area contributed by atoms with E-state index < -0.39 is 28.6 Å². The van der Waals surface area contributed by atoms with Gasteiger partial charge in [0.15, 0.2) is 0 Å². The second-order valence-corrected chi connectivity index (χ2v) is 7.13. The van der Waals surface area contributed by atoms with Crippen molar-refractivity contribution < 1.29 is 22.8 Å². The van der Waals surface area contributed by atoms with E-state index in [1.54, 1.807) is 18.2 Å². The quantitative estimate of drug-likeness (QED) is 0.570. The van der Waals surface area contributed by atoms with Gasteiger partial charge in [-0.15, -0.1) is 0 Å². The fraction of sp³-hybridized carbons (Fsp3) is 0.158. The molecule has 0 unspecified atom stereocenters. The Balaban J connectivity index is 2.03. The highest BCUT2D eigenvalue weighted by Crippen LogP contribution is 2.35. The lowest BCUT2D eigenvalue weighted by atomic mass is 10.1. The maximum absolute atomic E-state index is 12.9. The number of rotatable bonds is 5. The average Bonchev–Trinajstić information content (AvgIpc) is 2.62. The summed E-state index contributed by atoms with van der Waals surface area (Å²) in [7, 11) is 1.36. The van der Waals surface area contributed by atoms with E-state index in [4.69, 9.17) is 34.8 Å². The van der Waals surface area contributed by atoms with E-state index in [0.29, 0.717) is 0 Å². The topological polar surface area (TPSA) is 49.4 Å². The van der Waals surface area contributed by atoms with Gasteiger partial charge >= 0.3 is 6.18 Å². The molecule has 0 atom stereocenters. The molecule has 154 valence electrons. The third-order valence-corrected chi connectivity index (χ3v) is 4.66. The number of anilines is 1. The van der Waals surface area contributed by atoms with E-state index in [2.05, 4.69) is 5.32 Å². The van der Waals surface area contributed by atoms with Gasteiger partial charge in [-0.1, -0.05) is 46.9 Å². The normalized spacial score (nSPS) is 11.6. The summed E-state index contributed by atoms with van der Waals surface area (Å²) in [4.78, 5) is 25.3. The Hall–Kier alpha value is -2.22. The van der Waals surface area contributed by atoms with Gasteiger partial charge in [0.1, 0.15) is 0 Å². The molecule has 0 aliphatic heterocycles. The van der Waals surface area contributed by atoms with Crippen LogP contribution in [0.3, 0.4) is 0 Å². The monoisotopic (exact) mass is 464 g/mol. The first-order valence-electron chi connectivity index (χ1n) is 8.03. The minimum Gasteiger partial charge on any atom is -0.333 e. The summed E-state index contributed by atoms with van der Waals surface area (Å²) in [6.07, 6.45) is -2.35. The molecule has 2 rings (SSSR count). The standard InChI is InChI=1S/C19H14Cl3F3N2O2/c1-27(10-16(28)26-18-14(21)3-2-4-15(18)22)17(29)8-6-11-5-7-13(20)12(9-11)19(23,24)25/h2-9H,10H2,1H3,(H,26,28)/b8-6+. The minimum absolute atomic E-state index is 0.135. The molecule has 1 N–H and O–H groups in total. The van der Waals surface area contributed by atoms with Crippen LogP contribution in [0.15, 0.2) is 42.5 Å². The number of carbonyl (C=O) groups excluding carboxylic acids is 2. The molecule has 2 aromatic carbocycles. The zero-order valence-electron chi connectivity index (χ0n) is 14.9. The van der Waals surface area contributed by atoms with Crippen LogP contribution in [0.2, 0.25) is 15.1 Å². The molecule has 0 saturated carbocycles. The first-order chi connectivity index (χ1) is 13.5. The molecule has 10 heteroatoms. The Bertz CT molecular complexity index is 942. The van der Waals surface area contributed by atoms with Crippen molar-refractivity contribution in [1.29, 1.82) is 0 Å². The molecule has 0 heterocycles. The van der Waals surface area contributed by atoms with Crippen molar-refractivity contribution in [3.63, 3.8) is 0 Å². The number of benzene rings is 2. The molecule has 0 bridgehead atoms. The molecule has 29 heavy (non-hydrogen) atoms. The van der Waals surface area contributed by atoms with Gasteiger partial charge in [-0.05, 0) is 35.9 Å². The first-order valence-corrected chi connectivity index (χ1v) is 9.16. The van der Waals surface area contributed by atoms with Crippen LogP contribution in [0.4, 0.5) is 18.9 Å². The maximum Gasteiger partial charge on any atom is 0.417 e. The smallest absolute Gasteiger partial charge is 0.333 e. The predicted octanol–water partition coefficient (Wildman–Crippen LogP) is 5.78. The number of amides is 2. The van der Waals surface area contributed by atoms with Gasteiger partial charge < -0.3 is 10.2 Å². The molecule has 0 aliphatic carbocycles. The average molecular weight is 466 g/mol. The number of hydrogen-bond donors (Lipinski definition) is 1. The van der Waals surface area contributed by atoms with Crippen molar-refractivity contribution in [2.24, 2.45) is 0 Å². The second kappa shape index (κ2) is 9.52. The highest BCUT2D eigenvalue weighted by atomic mass is 35.5. The molecule has 0 spiro atoms. The SMILES string of the molecule is CN(CC(=O)Nc1c(Cl)cccc1Cl)C(=O)/C=C/c1ccc(Cl)c(C(F)(F)F)c1. The van der Waals surface area contributed by atoms with Crippen LogP contribution in [-0.2, 0) is 15.8 Å². The molecular weight excluding hydrogens is 452 g/mol. The van der Waals surface area contributed by atoms with Gasteiger partial charge in [0, 0.05) is 13.1 Å². The fourth-order valence-corrected chi connectivity index (χ4v) is 2.96. The highest BCUT2D eigenvalue weighted by molar-refractivity contribution is 6.39. The van der Waals surface area contributed by atoms with Gasteiger partial charge in [0.25, 0.3) is 0 Å². The summed E-state index contributed by atoms with van der Waals surface area (Å²) in [5.41, 5.74) is -0.646. The number of likely N-dealkylation sites (N-methyl/N-ethyl adjacent to an activating group) is 1. The number of halogens is 6. The number of para-hydroxylation sites is 1. The van der Waals surface area contributed by atoms with Crippen molar-refractivity contribution >= 4 is 58.4 Å². The van der Waals surface area contributed by atoms with Crippen LogP contribution in [0, 0.1) is 0 Å². The highest BCUT2D eigenvalue weighted by Gasteiger charge is 2.33. The van der Waals surface area contributed by atoms with Gasteiger partial charge in [0.05, 0.1) is 32.9 Å². The van der Waals surface area contributed by atoms with Crippen LogP contribution in [0.25, 0.3) is 6.08 Å². The van der Waals surface area contributed by atoms with E-state index in [-0.39, 0.29) is 27.8 Å². The summed E-state index contributed by atoms with van der Waals surface area (Å²) in [5.74, 6) is -1.14. The zero-order chi connectivity index (χ0) is 21.8. The van der Waals surface area contributed by atoms with Crippen molar-refractivity contribution in [2.45, 2.75) is 6.18 Å². The van der Waals surface area contributed by atoms with E-state index in [0.717, 1.165) is 23.1 Å². The Morgan fingerprint density at radius 3 is 2.28 bits per heavy atom. The maximum atomic E-state index is 12.9. The Kier molecular flexibility index (Phi) is 7.57. The molecule has 0 fully saturated rings. The first kappa shape index (κ1) is 23.1. The Labute approximate surface area is 179 Å². The van der Waals surface area contributed by atoms with Crippen LogP contribution in [0.5, 0.6) is 0 Å². The molecule has 0 saturated heterocycles. The van der Waals surface area contributed by atoms with Gasteiger partial charge in [-0.2, -0.15) is 13.2 Å². The van der Waals surface area contributed by atoms with E-state index >= 15 is 0 Å². The summed E-state index contributed by atoms with van der Waals surface area (Å²) in [6.45, 7) is -0.320. The predicted molar refractivity (Wildman–Crippen MR) is 108 cm³/mol. The van der Waals surface area contributed by atoms with Gasteiger partial charge in [-0.3, -0.25) is 9.59 Å². The van der Waals surface area contributed by atoms with Crippen molar-refractivity contribution in [2.75, 3.05) is 18.9 Å². The van der Waals surface area contributed by atoms with Gasteiger partial charge in [-0.25, -0.2) is 0 Å². The summed E-state index contributed by atoms with van der Waals surface area (Å²) >= 11 is 17.5. The molecule has 0 aliphatic rings. The summed E-state index contributed by atoms with van der Waals surface area (Å²) < 4.78 is 38.7. The number of nitrogens with zero attached hydrogens (tertiary/aromatic N) is 1. The lowest BCUT2D eigenvalue weighted by Crippen LogP contribution is -2.34. The molecular formula is C19H14Cl3F3N2O2. The third-order valence-electron chi connectivity index (χ3n) is 3.70. The lowest BCUT2D eigenvalue weighted by Gasteiger charge is -2.16. The van der Waals surface area contributed by atoms with Crippen molar-refractivity contribution in [3.8, 4) is 0 Å². The van der Waals surface area contributed by atoms with E-state index in [1.165, 1.54) is 19.2 Å². The van der Waals surface area contributed by atoms with Crippen LogP contribution in [-0.4, -0.2) is 30.3 Å². The largest absolute Gasteiger partial charge is 0.417 e. The Morgan fingerprint density at radius 2 is 1.69 bits per heavy atom. The summed E-state index contributed by atoms with van der Waals surface area (Å²) in [5, 5.41) is 2.55. The van der Waals surface area contributed by atoms with E-state index in [1.807, 2.05) is 0 Å². The van der Waals surface area contributed by atoms with E-state index in [9.17, 15) is 22.8 Å². The Morgan fingerprint density at radius 1 is 1.07 bits per heavy atom. The second-order valence-electron chi connectivity index (χ2n) is 5.91. The summed E-state index contributed by atoms with van der Waals surface area (Å²) in [6, 6.07) is 7.97.